The molecule has 3 aromatic rings. The van der Waals surface area contributed by atoms with Gasteiger partial charge in [0.25, 0.3) is 5.91 Å². The van der Waals surface area contributed by atoms with Crippen LogP contribution < -0.4 is 0 Å². The number of fused-ring (bicyclic) bond motifs is 1. The van der Waals surface area contributed by atoms with Gasteiger partial charge in [-0.15, -0.1) is 0 Å². The number of halogens is 6. The Morgan fingerprint density at radius 3 is 2.49 bits per heavy atom. The van der Waals surface area contributed by atoms with Crippen molar-refractivity contribution in [2.45, 2.75) is 18.9 Å². The summed E-state index contributed by atoms with van der Waals surface area (Å²) in [5, 5.41) is 13.7. The highest BCUT2D eigenvalue weighted by Gasteiger charge is 2.38. The molecule has 194 valence electrons. The monoisotopic (exact) mass is 542 g/mol. The maximum Gasteiger partial charge on any atom is 0.416 e. The number of rotatable bonds is 5. The first-order valence-electron chi connectivity index (χ1n) is 10.4. The van der Waals surface area contributed by atoms with Gasteiger partial charge in [0, 0.05) is 12.4 Å². The Morgan fingerprint density at radius 2 is 1.84 bits per heavy atom. The molecule has 0 saturated carbocycles. The maximum absolute atomic E-state index is 13.5. The molecule has 7 nitrogen and oxygen atoms in total. The molecule has 1 aliphatic heterocycles. The van der Waals surface area contributed by atoms with E-state index < -0.39 is 41.9 Å². The van der Waals surface area contributed by atoms with E-state index in [4.69, 9.17) is 5.11 Å². The van der Waals surface area contributed by atoms with Crippen LogP contribution in [0.15, 0.2) is 52.5 Å². The lowest BCUT2D eigenvalue weighted by Crippen LogP contribution is -2.29. The minimum atomic E-state index is -5.00. The molecule has 0 spiro atoms. The number of amidine groups is 1. The second kappa shape index (κ2) is 9.57. The van der Waals surface area contributed by atoms with Crippen LogP contribution in [-0.4, -0.2) is 50.4 Å². The van der Waals surface area contributed by atoms with Gasteiger partial charge in [-0.3, -0.25) is 14.3 Å². The van der Waals surface area contributed by atoms with Crippen LogP contribution in [-0.2, 0) is 28.5 Å². The Labute approximate surface area is 209 Å². The van der Waals surface area contributed by atoms with Gasteiger partial charge in [0.05, 0.1) is 34.3 Å². The number of aliphatic imine (C=N–C) groups is 1. The van der Waals surface area contributed by atoms with Crippen molar-refractivity contribution >= 4 is 45.8 Å². The van der Waals surface area contributed by atoms with E-state index in [0.717, 1.165) is 17.8 Å². The Bertz CT molecular complexity index is 1460. The van der Waals surface area contributed by atoms with Crippen molar-refractivity contribution in [2.24, 2.45) is 4.99 Å². The van der Waals surface area contributed by atoms with Gasteiger partial charge in [0.2, 0.25) is 0 Å². The molecular weight excluding hydrogens is 526 g/mol. The summed E-state index contributed by atoms with van der Waals surface area (Å²) >= 11 is 0.999. The molecule has 1 N–H and O–H groups in total. The molecule has 0 atom stereocenters. The number of carboxylic acids is 1. The van der Waals surface area contributed by atoms with Crippen molar-refractivity contribution in [2.75, 3.05) is 13.6 Å². The average molecular weight is 542 g/mol. The molecule has 0 bridgehead atoms. The Hall–Kier alpha value is -3.81. The number of carbonyl (C=O) groups excluding carboxylic acids is 1. The quantitative estimate of drug-likeness (QED) is 0.356. The van der Waals surface area contributed by atoms with E-state index in [0.29, 0.717) is 22.5 Å². The molecule has 14 heteroatoms. The highest BCUT2D eigenvalue weighted by molar-refractivity contribution is 8.18. The molecule has 1 aliphatic rings. The molecule has 0 saturated heterocycles. The predicted molar refractivity (Wildman–Crippen MR) is 124 cm³/mol. The van der Waals surface area contributed by atoms with E-state index in [2.05, 4.69) is 10.1 Å². The molecule has 1 amide bonds. The van der Waals surface area contributed by atoms with E-state index in [1.807, 2.05) is 0 Å². The third-order valence-corrected chi connectivity index (χ3v) is 6.43. The summed E-state index contributed by atoms with van der Waals surface area (Å²) in [7, 11) is 1.48. The summed E-state index contributed by atoms with van der Waals surface area (Å²) in [6.45, 7) is -0.759. The minimum absolute atomic E-state index is 0.0891. The SMILES string of the molecule is CN(CC(=O)O)C1=NC(=O)C(=Cc2ccc3c(cnn3Cc3ccc(C(F)(F)F)cc3C(F)(F)F)c2)S1. The number of hydrogen-bond donors (Lipinski definition) is 1. The lowest BCUT2D eigenvalue weighted by Gasteiger charge is -2.16. The molecule has 0 radical (unpaired) electrons. The fraction of sp³-hybridized carbons (Fsp3) is 0.217. The third-order valence-electron chi connectivity index (χ3n) is 5.33. The number of hydrogen-bond acceptors (Lipinski definition) is 5. The van der Waals surface area contributed by atoms with Gasteiger partial charge in [-0.25, -0.2) is 0 Å². The normalized spacial score (nSPS) is 15.5. The largest absolute Gasteiger partial charge is 0.480 e. The van der Waals surface area contributed by atoms with E-state index in [1.54, 1.807) is 18.2 Å². The second-order valence-electron chi connectivity index (χ2n) is 8.05. The van der Waals surface area contributed by atoms with Gasteiger partial charge in [-0.1, -0.05) is 12.1 Å². The zero-order valence-corrected chi connectivity index (χ0v) is 19.6. The molecule has 2 heterocycles. The van der Waals surface area contributed by atoms with Gasteiger partial charge in [0.15, 0.2) is 5.17 Å². The van der Waals surface area contributed by atoms with Gasteiger partial charge in [-0.05, 0) is 53.2 Å². The van der Waals surface area contributed by atoms with Crippen molar-refractivity contribution in [3.05, 3.63) is 69.8 Å². The van der Waals surface area contributed by atoms with Gasteiger partial charge >= 0.3 is 18.3 Å². The summed E-state index contributed by atoms with van der Waals surface area (Å²) in [5.74, 6) is -1.63. The number of nitrogens with zero attached hydrogens (tertiary/aromatic N) is 4. The van der Waals surface area contributed by atoms with E-state index >= 15 is 0 Å². The number of alkyl halides is 6. The summed E-state index contributed by atoms with van der Waals surface area (Å²) in [4.78, 5) is 28.5. The standard InChI is InChI=1S/C23H16F6N4O3S/c1-32(11-19(34)35)21-31-20(36)18(37-21)7-12-2-5-17-14(6-12)9-30-33(17)10-13-3-4-15(22(24,25)26)8-16(13)23(27,28)29/h2-9H,10-11H2,1H3,(H,34,35). The van der Waals surface area contributed by atoms with E-state index in [-0.39, 0.29) is 28.2 Å². The van der Waals surface area contributed by atoms with Gasteiger partial charge < -0.3 is 10.0 Å². The van der Waals surface area contributed by atoms with Crippen LogP contribution in [0.3, 0.4) is 0 Å². The number of carbonyl (C=O) groups is 2. The van der Waals surface area contributed by atoms with E-state index in [1.165, 1.54) is 28.9 Å². The maximum atomic E-state index is 13.5. The number of benzene rings is 2. The Morgan fingerprint density at radius 1 is 1.11 bits per heavy atom. The van der Waals surface area contributed by atoms with Gasteiger partial charge in [-0.2, -0.15) is 36.4 Å². The minimum Gasteiger partial charge on any atom is -0.480 e. The fourth-order valence-electron chi connectivity index (χ4n) is 3.62. The summed E-state index contributed by atoms with van der Waals surface area (Å²) in [6.07, 6.45) is -6.99. The molecule has 0 fully saturated rings. The van der Waals surface area contributed by atoms with Crippen LogP contribution in [0.25, 0.3) is 17.0 Å². The number of aliphatic carboxylic acids is 1. The van der Waals surface area contributed by atoms with Crippen molar-refractivity contribution in [1.29, 1.82) is 0 Å². The first-order valence-corrected chi connectivity index (χ1v) is 11.2. The van der Waals surface area contributed by atoms with Crippen LogP contribution in [0, 0.1) is 0 Å². The molecule has 37 heavy (non-hydrogen) atoms. The topological polar surface area (TPSA) is 87.8 Å². The number of likely N-dealkylation sites (N-methyl/N-ethyl adjacent to an activating group) is 1. The van der Waals surface area contributed by atoms with Crippen molar-refractivity contribution in [3.8, 4) is 0 Å². The van der Waals surface area contributed by atoms with Crippen molar-refractivity contribution in [1.82, 2.24) is 14.7 Å². The summed E-state index contributed by atoms with van der Waals surface area (Å²) in [5.41, 5.74) is -2.18. The van der Waals surface area contributed by atoms with Crippen LogP contribution in [0.1, 0.15) is 22.3 Å². The van der Waals surface area contributed by atoms with Crippen molar-refractivity contribution in [3.63, 3.8) is 0 Å². The molecule has 4 rings (SSSR count). The number of carboxylic acid groups (broad SMARTS) is 1. The summed E-state index contributed by atoms with van der Waals surface area (Å²) < 4.78 is 80.6. The molecule has 1 aromatic heterocycles. The van der Waals surface area contributed by atoms with Crippen LogP contribution in [0.4, 0.5) is 26.3 Å². The lowest BCUT2D eigenvalue weighted by molar-refractivity contribution is -0.143. The smallest absolute Gasteiger partial charge is 0.416 e. The third kappa shape index (κ3) is 5.79. The first kappa shape index (κ1) is 26.3. The Balaban J connectivity index is 1.59. The molecule has 0 aliphatic carbocycles. The number of amides is 1. The summed E-state index contributed by atoms with van der Waals surface area (Å²) in [6, 6.07) is 6.27. The predicted octanol–water partition coefficient (Wildman–Crippen LogP) is 5.11. The molecular formula is C23H16F6N4O3S. The zero-order valence-electron chi connectivity index (χ0n) is 18.8. The Kier molecular flexibility index (Phi) is 6.79. The number of thioether (sulfide) groups is 1. The highest BCUT2D eigenvalue weighted by Crippen LogP contribution is 2.38. The van der Waals surface area contributed by atoms with Gasteiger partial charge in [0.1, 0.15) is 6.54 Å². The van der Waals surface area contributed by atoms with Crippen LogP contribution in [0.2, 0.25) is 0 Å². The molecule has 0 unspecified atom stereocenters. The van der Waals surface area contributed by atoms with Crippen LogP contribution in [0.5, 0.6) is 0 Å². The number of aromatic nitrogens is 2. The van der Waals surface area contributed by atoms with Crippen LogP contribution >= 0.6 is 11.8 Å². The average Bonchev–Trinajstić information content (AvgIpc) is 3.35. The van der Waals surface area contributed by atoms with E-state index in [9.17, 15) is 35.9 Å². The first-order chi connectivity index (χ1) is 17.2. The second-order valence-corrected chi connectivity index (χ2v) is 9.06. The van der Waals surface area contributed by atoms with Crippen molar-refractivity contribution < 1.29 is 41.0 Å². The lowest BCUT2D eigenvalue weighted by atomic mass is 10.0. The zero-order chi connectivity index (χ0) is 27.1. The highest BCUT2D eigenvalue weighted by atomic mass is 32.2. The molecule has 2 aromatic carbocycles. The fourth-order valence-corrected chi connectivity index (χ4v) is 4.49.